The number of aromatic nitrogens is 4. The van der Waals surface area contributed by atoms with Crippen LogP contribution in [0, 0.1) is 18.8 Å². The second-order valence-corrected chi connectivity index (χ2v) is 10.6. The smallest absolute Gasteiger partial charge is 0.332 e. The van der Waals surface area contributed by atoms with E-state index in [2.05, 4.69) is 41.9 Å². The van der Waals surface area contributed by atoms with Gasteiger partial charge in [0.15, 0.2) is 11.2 Å². The normalized spacial score (nSPS) is 20.2. The van der Waals surface area contributed by atoms with E-state index in [4.69, 9.17) is 15.7 Å². The fraction of sp³-hybridized carbons (Fsp3) is 0.400. The maximum Gasteiger partial charge on any atom is 0.332 e. The summed E-state index contributed by atoms with van der Waals surface area (Å²) in [6.45, 7) is 5.69. The highest BCUT2D eigenvalue weighted by Crippen LogP contribution is 2.43. The Bertz CT molecular complexity index is 1760. The van der Waals surface area contributed by atoms with Crippen molar-refractivity contribution in [3.63, 3.8) is 0 Å². The first-order valence-electron chi connectivity index (χ1n) is 13.5. The molecule has 1 aromatic carbocycles. The fourth-order valence-electron chi connectivity index (χ4n) is 6.14. The number of hydrogen-bond acceptors (Lipinski definition) is 6. The number of anilines is 1. The summed E-state index contributed by atoms with van der Waals surface area (Å²) in [5.41, 5.74) is 11.3. The number of nitrogens with two attached hydrogens (primary N) is 1. The lowest BCUT2D eigenvalue weighted by atomic mass is 9.78. The lowest BCUT2D eigenvalue weighted by Gasteiger charge is -2.31. The Hall–Kier alpha value is -4.16. The molecule has 9 nitrogen and oxygen atoms in total. The van der Waals surface area contributed by atoms with Crippen molar-refractivity contribution in [2.45, 2.75) is 58.2 Å². The predicted octanol–water partition coefficient (Wildman–Crippen LogP) is 2.91. The van der Waals surface area contributed by atoms with E-state index in [1.807, 2.05) is 22.8 Å². The molecule has 9 heteroatoms. The van der Waals surface area contributed by atoms with Gasteiger partial charge < -0.3 is 10.6 Å². The summed E-state index contributed by atoms with van der Waals surface area (Å²) in [6.07, 6.45) is 9.01. The van der Waals surface area contributed by atoms with Crippen LogP contribution in [0.4, 0.5) is 11.6 Å². The zero-order valence-corrected chi connectivity index (χ0v) is 22.6. The molecule has 1 aliphatic carbocycles. The topological polar surface area (TPSA) is 103 Å². The van der Waals surface area contributed by atoms with Gasteiger partial charge in [0.2, 0.25) is 5.95 Å². The van der Waals surface area contributed by atoms with E-state index in [9.17, 15) is 9.59 Å². The number of hydrogen-bond donors (Lipinski definition) is 1. The molecule has 3 aliphatic rings. The third-order valence-electron chi connectivity index (χ3n) is 8.07. The second-order valence-electron chi connectivity index (χ2n) is 10.6. The van der Waals surface area contributed by atoms with Crippen molar-refractivity contribution < 1.29 is 0 Å². The van der Waals surface area contributed by atoms with Crippen molar-refractivity contribution >= 4 is 28.5 Å². The molecule has 2 aliphatic heterocycles. The van der Waals surface area contributed by atoms with Crippen molar-refractivity contribution in [3.8, 4) is 11.8 Å². The first kappa shape index (κ1) is 25.1. The van der Waals surface area contributed by atoms with Gasteiger partial charge in [-0.15, -0.1) is 5.92 Å². The monoisotopic (exact) mass is 523 g/mol. The van der Waals surface area contributed by atoms with E-state index in [0.717, 1.165) is 42.8 Å². The van der Waals surface area contributed by atoms with E-state index in [1.54, 1.807) is 14.0 Å². The number of rotatable bonds is 4. The van der Waals surface area contributed by atoms with E-state index < -0.39 is 5.69 Å². The molecule has 4 heterocycles. The number of nitrogens with zero attached hydrogens (tertiary/aromatic N) is 6. The fourth-order valence-corrected chi connectivity index (χ4v) is 6.14. The van der Waals surface area contributed by atoms with Crippen molar-refractivity contribution in [2.24, 2.45) is 17.8 Å². The minimum absolute atomic E-state index is 0.0336. The van der Waals surface area contributed by atoms with Crippen LogP contribution in [0.25, 0.3) is 11.2 Å². The zero-order chi connectivity index (χ0) is 27.3. The van der Waals surface area contributed by atoms with Crippen LogP contribution in [0.1, 0.15) is 43.2 Å². The van der Waals surface area contributed by atoms with E-state index >= 15 is 0 Å². The molecular formula is C30H33N7O2. The highest BCUT2D eigenvalue weighted by Gasteiger charge is 2.31. The molecule has 1 fully saturated rings. The Balaban J connectivity index is 1.52. The summed E-state index contributed by atoms with van der Waals surface area (Å²) in [5, 5.41) is 0. The number of piperidine rings is 1. The quantitative estimate of drug-likeness (QED) is 0.530. The molecule has 1 saturated heterocycles. The number of allylic oxidation sites excluding steroid dienone is 4. The molecule has 200 valence electrons. The molecule has 2 N–H and O–H groups in total. The van der Waals surface area contributed by atoms with E-state index in [-0.39, 0.29) is 24.1 Å². The third-order valence-corrected chi connectivity index (χ3v) is 8.07. The first-order valence-corrected chi connectivity index (χ1v) is 13.5. The molecular weight excluding hydrogens is 490 g/mol. The van der Waals surface area contributed by atoms with Crippen molar-refractivity contribution in [1.29, 1.82) is 0 Å². The average molecular weight is 524 g/mol. The lowest BCUT2D eigenvalue weighted by Crippen LogP contribution is -2.44. The summed E-state index contributed by atoms with van der Waals surface area (Å²) in [5.74, 6) is 6.80. The van der Waals surface area contributed by atoms with E-state index in [1.165, 1.54) is 20.3 Å². The van der Waals surface area contributed by atoms with Gasteiger partial charge in [0.1, 0.15) is 0 Å². The third kappa shape index (κ3) is 4.16. The standard InChI is InChI=1S/C30H33N7O2/c1-4-5-16-36-26-27(33-29(36)35-15-9-11-20(31)17-35)34(3)30(39)37(28(26)38)18-24-21-12-6-7-13-22(21)25-19(2)10-8-14-23(25)32-24/h6-8,10,12,14,20,22H,9,11,13,15-18,31H2,1-3H3/t20-,22?/m1/s1. The van der Waals surface area contributed by atoms with Gasteiger partial charge in [-0.25, -0.2) is 4.79 Å². The van der Waals surface area contributed by atoms with Crippen LogP contribution in [0.5, 0.6) is 0 Å². The van der Waals surface area contributed by atoms with Crippen molar-refractivity contribution in [3.05, 3.63) is 74.0 Å². The molecule has 39 heavy (non-hydrogen) atoms. The van der Waals surface area contributed by atoms with Crippen LogP contribution in [-0.2, 0) is 20.1 Å². The molecule has 2 aromatic heterocycles. The highest BCUT2D eigenvalue weighted by atomic mass is 16.2. The second kappa shape index (κ2) is 9.86. The summed E-state index contributed by atoms with van der Waals surface area (Å²) >= 11 is 0. The molecule has 0 amide bonds. The SMILES string of the molecule is CC#CCn1c(N2CCC[C@@H](N)C2)nc2c1c(=O)n(CC1=Nc3cccc(C)c3C3CC=CC=C13)c(=O)n2C. The number of aliphatic imine (C=N–C) groups is 1. The molecule has 2 atom stereocenters. The van der Waals surface area contributed by atoms with Crippen LogP contribution in [-0.4, -0.2) is 43.5 Å². The maximum absolute atomic E-state index is 14.1. The minimum atomic E-state index is -0.415. The van der Waals surface area contributed by atoms with Crippen LogP contribution in [0.2, 0.25) is 0 Å². The van der Waals surface area contributed by atoms with Crippen LogP contribution < -0.4 is 21.9 Å². The van der Waals surface area contributed by atoms with Crippen molar-refractivity contribution in [1.82, 2.24) is 18.7 Å². The molecule has 0 radical (unpaired) electrons. The number of fused-ring (bicyclic) bond motifs is 4. The molecule has 6 rings (SSSR count). The first-order chi connectivity index (χ1) is 18.9. The summed E-state index contributed by atoms with van der Waals surface area (Å²) in [7, 11) is 1.67. The Morgan fingerprint density at radius 1 is 1.21 bits per heavy atom. The highest BCUT2D eigenvalue weighted by molar-refractivity contribution is 6.05. The Morgan fingerprint density at radius 2 is 2.05 bits per heavy atom. The Kier molecular flexibility index (Phi) is 6.35. The van der Waals surface area contributed by atoms with Gasteiger partial charge in [-0.05, 0) is 55.9 Å². The van der Waals surface area contributed by atoms with Crippen LogP contribution in [0.15, 0.2) is 56.6 Å². The summed E-state index contributed by atoms with van der Waals surface area (Å²) in [4.78, 5) is 39.6. The maximum atomic E-state index is 14.1. The molecule has 0 saturated carbocycles. The van der Waals surface area contributed by atoms with Gasteiger partial charge in [0, 0.05) is 32.1 Å². The summed E-state index contributed by atoms with van der Waals surface area (Å²) < 4.78 is 4.60. The molecule has 0 bridgehead atoms. The number of benzene rings is 1. The lowest BCUT2D eigenvalue weighted by molar-refractivity contribution is 0.496. The Labute approximate surface area is 227 Å². The zero-order valence-electron chi connectivity index (χ0n) is 22.6. The van der Waals surface area contributed by atoms with Gasteiger partial charge in [-0.2, -0.15) is 4.98 Å². The molecule has 1 unspecified atom stereocenters. The Morgan fingerprint density at radius 3 is 2.85 bits per heavy atom. The van der Waals surface area contributed by atoms with Gasteiger partial charge >= 0.3 is 5.69 Å². The molecule has 0 spiro atoms. The van der Waals surface area contributed by atoms with Crippen LogP contribution in [0.3, 0.4) is 0 Å². The summed E-state index contributed by atoms with van der Waals surface area (Å²) in [6, 6.07) is 6.15. The van der Waals surface area contributed by atoms with Crippen molar-refractivity contribution in [2.75, 3.05) is 18.0 Å². The largest absolute Gasteiger partial charge is 0.341 e. The molecule has 3 aromatic rings. The minimum Gasteiger partial charge on any atom is -0.341 e. The predicted molar refractivity (Wildman–Crippen MR) is 155 cm³/mol. The number of imidazole rings is 1. The van der Waals surface area contributed by atoms with Gasteiger partial charge in [0.25, 0.3) is 5.56 Å². The van der Waals surface area contributed by atoms with Crippen LogP contribution >= 0.6 is 0 Å². The van der Waals surface area contributed by atoms with Gasteiger partial charge in [0.05, 0.1) is 24.5 Å². The average Bonchev–Trinajstić information content (AvgIpc) is 3.32. The number of aryl methyl sites for hydroxylation is 2. The van der Waals surface area contributed by atoms with Gasteiger partial charge in [-0.1, -0.05) is 36.3 Å². The van der Waals surface area contributed by atoms with E-state index in [0.29, 0.717) is 30.2 Å². The van der Waals surface area contributed by atoms with Gasteiger partial charge in [-0.3, -0.25) is 23.5 Å².